The largest absolute Gasteiger partial charge is 0.496 e. The molecule has 0 atom stereocenters. The van der Waals surface area contributed by atoms with E-state index in [1.165, 1.54) is 0 Å². The van der Waals surface area contributed by atoms with E-state index in [0.717, 1.165) is 17.3 Å². The maximum atomic E-state index is 12.1. The second kappa shape index (κ2) is 7.41. The monoisotopic (exact) mass is 313 g/mol. The molecule has 1 aromatic carbocycles. The lowest BCUT2D eigenvalue weighted by Crippen LogP contribution is -2.29. The van der Waals surface area contributed by atoms with Crippen molar-refractivity contribution in [2.45, 2.75) is 26.7 Å². The normalized spacial score (nSPS) is 10.5. The minimum atomic E-state index is -0.0775. The van der Waals surface area contributed by atoms with Crippen LogP contribution >= 0.6 is 15.9 Å². The Hall–Kier alpha value is -1.03. The van der Waals surface area contributed by atoms with Gasteiger partial charge in [0.1, 0.15) is 5.75 Å². The molecule has 3 nitrogen and oxygen atoms in total. The quantitative estimate of drug-likeness (QED) is 0.871. The van der Waals surface area contributed by atoms with Gasteiger partial charge in [0.2, 0.25) is 0 Å². The van der Waals surface area contributed by atoms with E-state index in [9.17, 15) is 4.79 Å². The molecule has 0 heterocycles. The van der Waals surface area contributed by atoms with Crippen LogP contribution in [0.25, 0.3) is 0 Å². The Kier molecular flexibility index (Phi) is 6.19. The van der Waals surface area contributed by atoms with Crippen molar-refractivity contribution in [3.05, 3.63) is 28.2 Å². The lowest BCUT2D eigenvalue weighted by atomic mass is 10.0. The number of methoxy groups -OCH3 is 1. The molecule has 1 rings (SSSR count). The molecule has 1 N–H and O–H groups in total. The first-order valence-corrected chi connectivity index (χ1v) is 7.03. The second-order valence-electron chi connectivity index (χ2n) is 4.24. The molecule has 0 bridgehead atoms. The van der Waals surface area contributed by atoms with Crippen molar-refractivity contribution in [1.29, 1.82) is 0 Å². The number of benzene rings is 1. The van der Waals surface area contributed by atoms with Gasteiger partial charge in [-0.3, -0.25) is 4.79 Å². The van der Waals surface area contributed by atoms with Crippen LogP contribution in [0.2, 0.25) is 0 Å². The van der Waals surface area contributed by atoms with Gasteiger partial charge in [0.15, 0.2) is 0 Å². The lowest BCUT2D eigenvalue weighted by Gasteiger charge is -2.14. The average molecular weight is 314 g/mol. The summed E-state index contributed by atoms with van der Waals surface area (Å²) in [5, 5.41) is 2.96. The maximum absolute atomic E-state index is 12.1. The van der Waals surface area contributed by atoms with Crippen LogP contribution in [-0.2, 0) is 0 Å². The van der Waals surface area contributed by atoms with Gasteiger partial charge in [0, 0.05) is 11.0 Å². The summed E-state index contributed by atoms with van der Waals surface area (Å²) >= 11 is 3.36. The van der Waals surface area contributed by atoms with Crippen LogP contribution in [0.3, 0.4) is 0 Å². The smallest absolute Gasteiger partial charge is 0.255 e. The molecule has 0 spiro atoms. The van der Waals surface area contributed by atoms with Crippen LogP contribution < -0.4 is 10.1 Å². The zero-order valence-corrected chi connectivity index (χ0v) is 12.7. The molecule has 18 heavy (non-hydrogen) atoms. The molecule has 1 amide bonds. The summed E-state index contributed by atoms with van der Waals surface area (Å²) in [7, 11) is 1.57. The third kappa shape index (κ3) is 4.02. The molecule has 0 fully saturated rings. The Labute approximate surface area is 117 Å². The fourth-order valence-corrected chi connectivity index (χ4v) is 2.10. The molecule has 0 radical (unpaired) electrons. The zero-order valence-electron chi connectivity index (χ0n) is 11.1. The number of hydrogen-bond donors (Lipinski definition) is 1. The minimum absolute atomic E-state index is 0.0775. The van der Waals surface area contributed by atoms with Crippen LogP contribution in [0, 0.1) is 5.92 Å². The van der Waals surface area contributed by atoms with Crippen molar-refractivity contribution in [1.82, 2.24) is 5.32 Å². The second-order valence-corrected chi connectivity index (χ2v) is 5.15. The van der Waals surface area contributed by atoms with Gasteiger partial charge in [0.25, 0.3) is 5.91 Å². The zero-order chi connectivity index (χ0) is 13.5. The average Bonchev–Trinajstić information content (AvgIpc) is 2.39. The summed E-state index contributed by atoms with van der Waals surface area (Å²) in [6.07, 6.45) is 2.16. The molecule has 0 aliphatic rings. The van der Waals surface area contributed by atoms with Crippen LogP contribution in [0.1, 0.15) is 37.0 Å². The van der Waals surface area contributed by atoms with Crippen LogP contribution in [0.5, 0.6) is 5.75 Å². The van der Waals surface area contributed by atoms with Crippen molar-refractivity contribution in [2.75, 3.05) is 13.7 Å². The number of nitrogens with one attached hydrogen (secondary N) is 1. The van der Waals surface area contributed by atoms with Crippen LogP contribution in [0.4, 0.5) is 0 Å². The van der Waals surface area contributed by atoms with Gasteiger partial charge in [-0.05, 0) is 24.1 Å². The van der Waals surface area contributed by atoms with Crippen LogP contribution in [0.15, 0.2) is 22.7 Å². The highest BCUT2D eigenvalue weighted by Crippen LogP contribution is 2.23. The van der Waals surface area contributed by atoms with E-state index in [1.54, 1.807) is 19.2 Å². The van der Waals surface area contributed by atoms with Crippen molar-refractivity contribution in [3.63, 3.8) is 0 Å². The summed E-state index contributed by atoms with van der Waals surface area (Å²) in [6.45, 7) is 4.99. The summed E-state index contributed by atoms with van der Waals surface area (Å²) in [4.78, 5) is 12.1. The van der Waals surface area contributed by atoms with E-state index in [1.807, 2.05) is 6.07 Å². The van der Waals surface area contributed by atoms with Gasteiger partial charge < -0.3 is 10.1 Å². The Morgan fingerprint density at radius 2 is 2.06 bits per heavy atom. The topological polar surface area (TPSA) is 38.3 Å². The third-order valence-corrected chi connectivity index (χ3v) is 3.61. The first-order chi connectivity index (χ1) is 8.62. The first kappa shape index (κ1) is 15.0. The highest BCUT2D eigenvalue weighted by Gasteiger charge is 2.13. The summed E-state index contributed by atoms with van der Waals surface area (Å²) in [6, 6.07) is 5.41. The van der Waals surface area contributed by atoms with Crippen LogP contribution in [-0.4, -0.2) is 19.6 Å². The van der Waals surface area contributed by atoms with Crippen molar-refractivity contribution < 1.29 is 9.53 Å². The third-order valence-electron chi connectivity index (χ3n) is 3.11. The maximum Gasteiger partial charge on any atom is 0.255 e. The number of halogens is 1. The molecular weight excluding hydrogens is 294 g/mol. The SMILES string of the molecule is CCC(CC)CNC(=O)c1ccc(Br)cc1OC. The number of hydrogen-bond acceptors (Lipinski definition) is 2. The van der Waals surface area contributed by atoms with E-state index in [4.69, 9.17) is 4.74 Å². The van der Waals surface area contributed by atoms with E-state index in [2.05, 4.69) is 35.1 Å². The molecule has 0 unspecified atom stereocenters. The van der Waals surface area contributed by atoms with Gasteiger partial charge in [-0.1, -0.05) is 42.6 Å². The molecule has 100 valence electrons. The Balaban J connectivity index is 2.72. The molecule has 0 saturated heterocycles. The molecule has 0 aliphatic carbocycles. The number of ether oxygens (including phenoxy) is 1. The molecule has 1 aromatic rings. The number of amides is 1. The van der Waals surface area contributed by atoms with E-state index < -0.39 is 0 Å². The number of carbonyl (C=O) groups excluding carboxylic acids is 1. The number of rotatable bonds is 6. The predicted molar refractivity (Wildman–Crippen MR) is 77.1 cm³/mol. The fraction of sp³-hybridized carbons (Fsp3) is 0.500. The van der Waals surface area contributed by atoms with Gasteiger partial charge in [-0.15, -0.1) is 0 Å². The van der Waals surface area contributed by atoms with E-state index in [-0.39, 0.29) is 5.91 Å². The highest BCUT2D eigenvalue weighted by molar-refractivity contribution is 9.10. The highest BCUT2D eigenvalue weighted by atomic mass is 79.9. The van der Waals surface area contributed by atoms with E-state index >= 15 is 0 Å². The molecule has 0 aromatic heterocycles. The standard InChI is InChI=1S/C14H20BrNO2/c1-4-10(5-2)9-16-14(17)12-7-6-11(15)8-13(12)18-3/h6-8,10H,4-5,9H2,1-3H3,(H,16,17). The number of carbonyl (C=O) groups is 1. The summed E-state index contributed by atoms with van der Waals surface area (Å²) < 4.78 is 6.11. The van der Waals surface area contributed by atoms with Gasteiger partial charge in [-0.25, -0.2) is 0 Å². The van der Waals surface area contributed by atoms with E-state index in [0.29, 0.717) is 23.8 Å². The Bertz CT molecular complexity index is 403. The predicted octanol–water partition coefficient (Wildman–Crippen LogP) is 3.62. The van der Waals surface area contributed by atoms with Gasteiger partial charge in [-0.2, -0.15) is 0 Å². The van der Waals surface area contributed by atoms with Crippen molar-refractivity contribution >= 4 is 21.8 Å². The molecule has 0 saturated carbocycles. The minimum Gasteiger partial charge on any atom is -0.496 e. The van der Waals surface area contributed by atoms with Gasteiger partial charge in [0.05, 0.1) is 12.7 Å². The lowest BCUT2D eigenvalue weighted by molar-refractivity contribution is 0.0943. The first-order valence-electron chi connectivity index (χ1n) is 6.24. The Morgan fingerprint density at radius 1 is 1.39 bits per heavy atom. The Morgan fingerprint density at radius 3 is 2.61 bits per heavy atom. The molecule has 0 aliphatic heterocycles. The molecule has 4 heteroatoms. The fourth-order valence-electron chi connectivity index (χ4n) is 1.76. The van der Waals surface area contributed by atoms with Crippen molar-refractivity contribution in [3.8, 4) is 5.75 Å². The van der Waals surface area contributed by atoms with Gasteiger partial charge >= 0.3 is 0 Å². The molecular formula is C14H20BrNO2. The van der Waals surface area contributed by atoms with Crippen molar-refractivity contribution in [2.24, 2.45) is 5.92 Å². The summed E-state index contributed by atoms with van der Waals surface area (Å²) in [5.41, 5.74) is 0.576. The summed E-state index contributed by atoms with van der Waals surface area (Å²) in [5.74, 6) is 1.05.